The third-order valence-corrected chi connectivity index (χ3v) is 0.894. The first-order chi connectivity index (χ1) is 3.27. The molecule has 0 saturated carbocycles. The van der Waals surface area contributed by atoms with Crippen molar-refractivity contribution in [2.45, 2.75) is 0 Å². The molecule has 2 N–H and O–H groups in total. The van der Waals surface area contributed by atoms with Gasteiger partial charge in [0.05, 0.1) is 6.61 Å². The number of hydrogen-bond acceptors (Lipinski definition) is 4. The van der Waals surface area contributed by atoms with Crippen LogP contribution in [0.15, 0.2) is 0 Å². The Labute approximate surface area is 48.7 Å². The van der Waals surface area contributed by atoms with Crippen molar-refractivity contribution < 1.29 is 14.3 Å². The molecule has 0 aromatic heterocycles. The van der Waals surface area contributed by atoms with Gasteiger partial charge in [0.25, 0.3) is 0 Å². The Morgan fingerprint density at radius 1 is 1.57 bits per heavy atom. The smallest absolute Gasteiger partial charge is 0.327 e. The molecule has 7 heavy (non-hydrogen) atoms. The minimum Gasteiger partial charge on any atom is -0.328 e. The maximum Gasteiger partial charge on any atom is 0.327 e. The Kier molecular flexibility index (Phi) is 5.26. The summed E-state index contributed by atoms with van der Waals surface area (Å²) in [6.45, 7) is 0.293. The summed E-state index contributed by atoms with van der Waals surface area (Å²) < 4.78 is 4.29. The van der Waals surface area contributed by atoms with E-state index in [0.717, 1.165) is 0 Å². The highest BCUT2D eigenvalue weighted by Crippen LogP contribution is 2.23. The summed E-state index contributed by atoms with van der Waals surface area (Å²) >= 11 is 3.76. The summed E-state index contributed by atoms with van der Waals surface area (Å²) in [6.07, 6.45) is 0. The van der Waals surface area contributed by atoms with Gasteiger partial charge < -0.3 is 14.3 Å². The summed E-state index contributed by atoms with van der Waals surface area (Å²) in [5, 5.41) is 0. The monoisotopic (exact) mass is 142 g/mol. The van der Waals surface area contributed by atoms with Gasteiger partial charge in [0.2, 0.25) is 0 Å². The quantitative estimate of drug-likeness (QED) is 0.388. The third kappa shape index (κ3) is 6.66. The Hall–Kier alpha value is 0.660. The van der Waals surface area contributed by atoms with E-state index in [2.05, 4.69) is 17.2 Å². The molecule has 0 atom stereocenters. The van der Waals surface area contributed by atoms with Crippen molar-refractivity contribution >= 4 is 21.2 Å². The Balaban J connectivity index is 2.68. The molecule has 0 aliphatic heterocycles. The molecular formula is C2H7O3PS. The normalized spacial score (nSPS) is 10.3. The van der Waals surface area contributed by atoms with Crippen LogP contribution in [0.3, 0.4) is 0 Å². The average Bonchev–Trinajstić information content (AvgIpc) is 1.61. The van der Waals surface area contributed by atoms with Gasteiger partial charge in [-0.1, -0.05) is 0 Å². The lowest BCUT2D eigenvalue weighted by Crippen LogP contribution is -1.87. The maximum absolute atomic E-state index is 8.05. The first kappa shape index (κ1) is 7.66. The predicted octanol–water partition coefficient (Wildman–Crippen LogP) is 0.144. The fraction of sp³-hybridized carbons (Fsp3) is 1.00. The molecule has 0 heterocycles. The van der Waals surface area contributed by atoms with E-state index in [1.165, 1.54) is 0 Å². The van der Waals surface area contributed by atoms with Gasteiger partial charge >= 0.3 is 8.60 Å². The van der Waals surface area contributed by atoms with Gasteiger partial charge in [-0.3, -0.25) is 0 Å². The van der Waals surface area contributed by atoms with E-state index in [1.807, 2.05) is 0 Å². The van der Waals surface area contributed by atoms with E-state index in [4.69, 9.17) is 9.79 Å². The molecule has 0 aliphatic carbocycles. The van der Waals surface area contributed by atoms with Crippen LogP contribution in [0.25, 0.3) is 0 Å². The van der Waals surface area contributed by atoms with Crippen molar-refractivity contribution in [3.63, 3.8) is 0 Å². The largest absolute Gasteiger partial charge is 0.328 e. The highest BCUT2D eigenvalue weighted by atomic mass is 32.1. The third-order valence-electron chi connectivity index (χ3n) is 0.298. The van der Waals surface area contributed by atoms with Crippen molar-refractivity contribution in [1.29, 1.82) is 0 Å². The second-order valence-electron chi connectivity index (χ2n) is 0.810. The first-order valence-electron chi connectivity index (χ1n) is 1.69. The van der Waals surface area contributed by atoms with Crippen LogP contribution >= 0.6 is 21.2 Å². The molecule has 0 unspecified atom stereocenters. The molecule has 0 fully saturated rings. The average molecular weight is 142 g/mol. The van der Waals surface area contributed by atoms with Crippen molar-refractivity contribution in [2.24, 2.45) is 0 Å². The van der Waals surface area contributed by atoms with Crippen LogP contribution in [0.5, 0.6) is 0 Å². The fourth-order valence-electron chi connectivity index (χ4n) is 0.122. The zero-order valence-electron chi connectivity index (χ0n) is 3.61. The standard InChI is InChI=1S/C2H7O3PS/c3-6(4)5-1-2-7/h3-4,7H,1-2H2. The van der Waals surface area contributed by atoms with Crippen LogP contribution in [-0.2, 0) is 4.52 Å². The summed E-state index contributed by atoms with van der Waals surface area (Å²) in [4.78, 5) is 16.1. The van der Waals surface area contributed by atoms with Crippen LogP contribution in [0.4, 0.5) is 0 Å². The molecule has 44 valence electrons. The number of hydrogen-bond donors (Lipinski definition) is 3. The van der Waals surface area contributed by atoms with Crippen molar-refractivity contribution in [2.75, 3.05) is 12.4 Å². The Morgan fingerprint density at radius 3 is 2.29 bits per heavy atom. The number of rotatable bonds is 3. The lowest BCUT2D eigenvalue weighted by molar-refractivity contribution is 0.271. The second kappa shape index (κ2) is 4.81. The molecule has 3 nitrogen and oxygen atoms in total. The minimum absolute atomic E-state index is 0.293. The Morgan fingerprint density at radius 2 is 2.14 bits per heavy atom. The second-order valence-corrected chi connectivity index (χ2v) is 2.02. The van der Waals surface area contributed by atoms with Crippen LogP contribution < -0.4 is 0 Å². The van der Waals surface area contributed by atoms with Crippen molar-refractivity contribution in [3.05, 3.63) is 0 Å². The lowest BCUT2D eigenvalue weighted by Gasteiger charge is -1.97. The van der Waals surface area contributed by atoms with Crippen LogP contribution in [0.1, 0.15) is 0 Å². The highest BCUT2D eigenvalue weighted by molar-refractivity contribution is 7.80. The van der Waals surface area contributed by atoms with E-state index in [1.54, 1.807) is 0 Å². The van der Waals surface area contributed by atoms with E-state index < -0.39 is 8.60 Å². The van der Waals surface area contributed by atoms with Crippen LogP contribution in [0, 0.1) is 0 Å². The summed E-state index contributed by atoms with van der Waals surface area (Å²) in [5.74, 6) is 0.514. The Bertz CT molecular complexity index is 41.9. The van der Waals surface area contributed by atoms with Crippen LogP contribution in [-0.4, -0.2) is 22.1 Å². The lowest BCUT2D eigenvalue weighted by atomic mass is 10.9. The van der Waals surface area contributed by atoms with E-state index in [9.17, 15) is 0 Å². The van der Waals surface area contributed by atoms with E-state index in [0.29, 0.717) is 12.4 Å². The fourth-order valence-corrected chi connectivity index (χ4v) is 0.612. The number of thiol groups is 1. The molecule has 0 saturated heterocycles. The molecule has 0 aromatic rings. The van der Waals surface area contributed by atoms with E-state index in [-0.39, 0.29) is 0 Å². The molecule has 0 aromatic carbocycles. The van der Waals surface area contributed by atoms with Gasteiger partial charge in [-0.2, -0.15) is 12.6 Å². The van der Waals surface area contributed by atoms with Gasteiger partial charge in [0.1, 0.15) is 0 Å². The van der Waals surface area contributed by atoms with Gasteiger partial charge in [-0.15, -0.1) is 0 Å². The molecule has 0 aliphatic rings. The summed E-state index contributed by atoms with van der Waals surface area (Å²) in [7, 11) is -2.16. The van der Waals surface area contributed by atoms with Gasteiger partial charge in [0.15, 0.2) is 0 Å². The zero-order chi connectivity index (χ0) is 5.70. The van der Waals surface area contributed by atoms with Crippen molar-refractivity contribution in [1.82, 2.24) is 0 Å². The zero-order valence-corrected chi connectivity index (χ0v) is 5.40. The first-order valence-corrected chi connectivity index (χ1v) is 3.49. The molecule has 5 heteroatoms. The molecule has 0 rings (SSSR count). The van der Waals surface area contributed by atoms with Crippen LogP contribution in [0.2, 0.25) is 0 Å². The molecule has 0 spiro atoms. The summed E-state index contributed by atoms with van der Waals surface area (Å²) in [5.41, 5.74) is 0. The van der Waals surface area contributed by atoms with E-state index >= 15 is 0 Å². The topological polar surface area (TPSA) is 49.7 Å². The van der Waals surface area contributed by atoms with Gasteiger partial charge in [-0.25, -0.2) is 0 Å². The molecule has 0 amide bonds. The van der Waals surface area contributed by atoms with Gasteiger partial charge in [0, 0.05) is 5.75 Å². The maximum atomic E-state index is 8.05. The molecular weight excluding hydrogens is 135 g/mol. The minimum atomic E-state index is -2.16. The highest BCUT2D eigenvalue weighted by Gasteiger charge is 1.93. The molecule has 0 radical (unpaired) electrons. The SMILES string of the molecule is OP(O)OCCS. The predicted molar refractivity (Wildman–Crippen MR) is 31.2 cm³/mol. The van der Waals surface area contributed by atoms with Crippen molar-refractivity contribution in [3.8, 4) is 0 Å². The van der Waals surface area contributed by atoms with Gasteiger partial charge in [-0.05, 0) is 0 Å². The molecule has 0 bridgehead atoms. The summed E-state index contributed by atoms with van der Waals surface area (Å²) in [6, 6.07) is 0.